The fourth-order valence-corrected chi connectivity index (χ4v) is 2.36. The number of piperidine rings is 1. The number of amides is 1. The Hall–Kier alpha value is -2.17. The average molecular weight is 303 g/mol. The van der Waals surface area contributed by atoms with Crippen LogP contribution in [0.5, 0.6) is 0 Å². The summed E-state index contributed by atoms with van der Waals surface area (Å²) in [5, 5.41) is 0. The fraction of sp³-hybridized carbons (Fsp3) is 0.471. The number of hydrogen-bond donors (Lipinski definition) is 0. The molecule has 0 spiro atoms. The molecule has 0 N–H and O–H groups in total. The molecule has 1 unspecified atom stereocenters. The minimum Gasteiger partial charge on any atom is -0.444 e. The summed E-state index contributed by atoms with van der Waals surface area (Å²) in [5.74, 6) is -1.16. The number of likely N-dealkylation sites (tertiary alicyclic amines) is 1. The van der Waals surface area contributed by atoms with Crippen LogP contribution in [0.2, 0.25) is 0 Å². The summed E-state index contributed by atoms with van der Waals surface area (Å²) in [6.45, 7) is 5.74. The number of ketones is 2. The van der Waals surface area contributed by atoms with Gasteiger partial charge in [-0.25, -0.2) is 4.79 Å². The minimum atomic E-state index is -0.802. The van der Waals surface area contributed by atoms with Gasteiger partial charge in [0.25, 0.3) is 0 Å². The summed E-state index contributed by atoms with van der Waals surface area (Å²) in [4.78, 5) is 38.1. The van der Waals surface area contributed by atoms with Crippen molar-refractivity contribution in [1.82, 2.24) is 4.90 Å². The first-order valence-corrected chi connectivity index (χ1v) is 7.38. The molecule has 1 amide bonds. The maximum Gasteiger partial charge on any atom is 0.410 e. The lowest BCUT2D eigenvalue weighted by Crippen LogP contribution is -2.48. The number of rotatable bonds is 2. The molecular formula is C17H21NO4. The number of ether oxygens (including phenoxy) is 1. The van der Waals surface area contributed by atoms with E-state index in [-0.39, 0.29) is 24.5 Å². The molecule has 2 rings (SSSR count). The monoisotopic (exact) mass is 303 g/mol. The third kappa shape index (κ3) is 3.93. The van der Waals surface area contributed by atoms with Crippen LogP contribution in [-0.4, -0.2) is 41.3 Å². The molecule has 22 heavy (non-hydrogen) atoms. The molecule has 0 aliphatic carbocycles. The molecular weight excluding hydrogens is 282 g/mol. The molecule has 0 saturated carbocycles. The van der Waals surface area contributed by atoms with E-state index >= 15 is 0 Å². The number of carbonyl (C=O) groups excluding carboxylic acids is 3. The van der Waals surface area contributed by atoms with Gasteiger partial charge in [0.2, 0.25) is 0 Å². The van der Waals surface area contributed by atoms with E-state index in [1.807, 2.05) is 6.07 Å². The van der Waals surface area contributed by atoms with Crippen molar-refractivity contribution in [2.45, 2.75) is 32.8 Å². The molecule has 5 nitrogen and oxygen atoms in total. The van der Waals surface area contributed by atoms with Gasteiger partial charge in [0, 0.05) is 25.1 Å². The number of carbonyl (C=O) groups is 3. The third-order valence-corrected chi connectivity index (χ3v) is 3.45. The van der Waals surface area contributed by atoms with E-state index in [0.717, 1.165) is 0 Å². The smallest absolute Gasteiger partial charge is 0.410 e. The Morgan fingerprint density at radius 2 is 1.82 bits per heavy atom. The van der Waals surface area contributed by atoms with E-state index in [0.29, 0.717) is 12.1 Å². The van der Waals surface area contributed by atoms with Crippen LogP contribution in [-0.2, 0) is 9.53 Å². The standard InChI is InChI=1S/C17H21NO4/c1-17(2,3)22-16(21)18-10-9-14(19)13(11-18)15(20)12-7-5-4-6-8-12/h4-8,13H,9-11H2,1-3H3. The molecule has 1 aliphatic heterocycles. The molecule has 1 heterocycles. The molecule has 0 bridgehead atoms. The van der Waals surface area contributed by atoms with Gasteiger partial charge in [-0.15, -0.1) is 0 Å². The number of hydrogen-bond acceptors (Lipinski definition) is 4. The highest BCUT2D eigenvalue weighted by atomic mass is 16.6. The van der Waals surface area contributed by atoms with E-state index in [1.54, 1.807) is 45.0 Å². The van der Waals surface area contributed by atoms with Gasteiger partial charge in [-0.1, -0.05) is 30.3 Å². The number of Topliss-reactive ketones (excluding diaryl/α,β-unsaturated/α-hetero) is 2. The summed E-state index contributed by atoms with van der Waals surface area (Å²) < 4.78 is 5.31. The van der Waals surface area contributed by atoms with Gasteiger partial charge in [-0.2, -0.15) is 0 Å². The van der Waals surface area contributed by atoms with Gasteiger partial charge in [-0.05, 0) is 20.8 Å². The van der Waals surface area contributed by atoms with Crippen LogP contribution in [0.25, 0.3) is 0 Å². The van der Waals surface area contributed by atoms with Crippen molar-refractivity contribution in [2.24, 2.45) is 5.92 Å². The molecule has 1 fully saturated rings. The summed E-state index contributed by atoms with van der Waals surface area (Å²) >= 11 is 0. The molecule has 1 saturated heterocycles. The van der Waals surface area contributed by atoms with Crippen molar-refractivity contribution in [3.8, 4) is 0 Å². The van der Waals surface area contributed by atoms with Crippen LogP contribution >= 0.6 is 0 Å². The summed E-state index contributed by atoms with van der Waals surface area (Å²) in [6.07, 6.45) is -0.298. The van der Waals surface area contributed by atoms with E-state index in [2.05, 4.69) is 0 Å². The Kier molecular flexibility index (Phi) is 4.64. The van der Waals surface area contributed by atoms with Gasteiger partial charge in [0.1, 0.15) is 11.4 Å². The molecule has 5 heteroatoms. The second-order valence-electron chi connectivity index (χ2n) is 6.43. The molecule has 0 aromatic heterocycles. The van der Waals surface area contributed by atoms with E-state index < -0.39 is 17.6 Å². The molecule has 1 atom stereocenters. The van der Waals surface area contributed by atoms with Crippen molar-refractivity contribution >= 4 is 17.7 Å². The van der Waals surface area contributed by atoms with Crippen molar-refractivity contribution in [2.75, 3.05) is 13.1 Å². The first kappa shape index (κ1) is 16.2. The van der Waals surface area contributed by atoms with Crippen molar-refractivity contribution < 1.29 is 19.1 Å². The lowest BCUT2D eigenvalue weighted by molar-refractivity contribution is -0.124. The Balaban J connectivity index is 2.10. The minimum absolute atomic E-state index is 0.0848. The molecule has 1 aromatic rings. The quantitative estimate of drug-likeness (QED) is 0.622. The van der Waals surface area contributed by atoms with Crippen LogP contribution < -0.4 is 0 Å². The van der Waals surface area contributed by atoms with Crippen LogP contribution in [0.3, 0.4) is 0 Å². The average Bonchev–Trinajstić information content (AvgIpc) is 2.46. The zero-order valence-corrected chi connectivity index (χ0v) is 13.2. The summed E-state index contributed by atoms with van der Waals surface area (Å²) in [6, 6.07) is 8.69. The highest BCUT2D eigenvalue weighted by Gasteiger charge is 2.36. The Bertz CT molecular complexity index is 574. The van der Waals surface area contributed by atoms with Crippen molar-refractivity contribution in [3.63, 3.8) is 0 Å². The fourth-order valence-electron chi connectivity index (χ4n) is 2.36. The summed E-state index contributed by atoms with van der Waals surface area (Å²) in [7, 11) is 0. The van der Waals surface area contributed by atoms with Gasteiger partial charge in [0.15, 0.2) is 5.78 Å². The Morgan fingerprint density at radius 3 is 2.41 bits per heavy atom. The van der Waals surface area contributed by atoms with Crippen molar-refractivity contribution in [1.29, 1.82) is 0 Å². The first-order valence-electron chi connectivity index (χ1n) is 7.38. The zero-order valence-electron chi connectivity index (χ0n) is 13.2. The predicted octanol–water partition coefficient (Wildman–Crippen LogP) is 2.70. The third-order valence-electron chi connectivity index (χ3n) is 3.45. The van der Waals surface area contributed by atoms with Crippen LogP contribution in [0, 0.1) is 5.92 Å². The van der Waals surface area contributed by atoms with Gasteiger partial charge >= 0.3 is 6.09 Å². The maximum absolute atomic E-state index is 12.5. The van der Waals surface area contributed by atoms with E-state index in [4.69, 9.17) is 4.74 Å². The zero-order chi connectivity index (χ0) is 16.3. The first-order chi connectivity index (χ1) is 10.3. The number of benzene rings is 1. The highest BCUT2D eigenvalue weighted by Crippen LogP contribution is 2.20. The van der Waals surface area contributed by atoms with Gasteiger partial charge in [-0.3, -0.25) is 9.59 Å². The van der Waals surface area contributed by atoms with Crippen LogP contribution in [0.1, 0.15) is 37.6 Å². The number of nitrogens with zero attached hydrogens (tertiary/aromatic N) is 1. The topological polar surface area (TPSA) is 63.7 Å². The second kappa shape index (κ2) is 6.30. The lowest BCUT2D eigenvalue weighted by Gasteiger charge is -2.32. The van der Waals surface area contributed by atoms with Crippen LogP contribution in [0.15, 0.2) is 30.3 Å². The molecule has 1 aromatic carbocycles. The van der Waals surface area contributed by atoms with Crippen molar-refractivity contribution in [3.05, 3.63) is 35.9 Å². The Morgan fingerprint density at radius 1 is 1.18 bits per heavy atom. The normalized spacial score (nSPS) is 19.0. The predicted molar refractivity (Wildman–Crippen MR) is 81.7 cm³/mol. The SMILES string of the molecule is CC(C)(C)OC(=O)N1CCC(=O)C(C(=O)c2ccccc2)C1. The Labute approximate surface area is 130 Å². The van der Waals surface area contributed by atoms with E-state index in [9.17, 15) is 14.4 Å². The summed E-state index contributed by atoms with van der Waals surface area (Å²) in [5.41, 5.74) is -0.107. The van der Waals surface area contributed by atoms with Gasteiger partial charge < -0.3 is 9.64 Å². The van der Waals surface area contributed by atoms with Crippen LogP contribution in [0.4, 0.5) is 4.79 Å². The molecule has 1 aliphatic rings. The molecule has 118 valence electrons. The maximum atomic E-state index is 12.5. The molecule has 0 radical (unpaired) electrons. The van der Waals surface area contributed by atoms with E-state index in [1.165, 1.54) is 4.90 Å². The largest absolute Gasteiger partial charge is 0.444 e. The lowest BCUT2D eigenvalue weighted by atomic mass is 9.89. The van der Waals surface area contributed by atoms with Gasteiger partial charge in [0.05, 0.1) is 5.92 Å². The second-order valence-corrected chi connectivity index (χ2v) is 6.43. The highest BCUT2D eigenvalue weighted by molar-refractivity contribution is 6.11.